The maximum atomic E-state index is 11.8. The third-order valence-electron chi connectivity index (χ3n) is 2.91. The molecule has 116 valence electrons. The lowest BCUT2D eigenvalue weighted by molar-refractivity contribution is -0.132. The van der Waals surface area contributed by atoms with Crippen molar-refractivity contribution in [1.82, 2.24) is 4.90 Å². The molecule has 0 aliphatic heterocycles. The maximum absolute atomic E-state index is 11.8. The first kappa shape index (κ1) is 17.0. The topological polar surface area (TPSA) is 55.8 Å². The molecule has 0 radical (unpaired) electrons. The summed E-state index contributed by atoms with van der Waals surface area (Å²) in [6.45, 7) is 8.78. The molecule has 0 N–H and O–H groups in total. The summed E-state index contributed by atoms with van der Waals surface area (Å²) in [7, 11) is 0. The second-order valence-electron chi connectivity index (χ2n) is 4.83. The number of ether oxygens (including phenoxy) is 2. The molecule has 0 aliphatic carbocycles. The SMILES string of the molecule is CCN(CC)C(=O)COc1ccc(C(=O)OC(C)C)cc1. The molecular formula is C16H23NO4. The number of carbonyl (C=O) groups excluding carboxylic acids is 2. The molecule has 1 aromatic carbocycles. The molecule has 21 heavy (non-hydrogen) atoms. The van der Waals surface area contributed by atoms with E-state index in [4.69, 9.17) is 9.47 Å². The van der Waals surface area contributed by atoms with Gasteiger partial charge in [0.25, 0.3) is 5.91 Å². The Balaban J connectivity index is 2.55. The normalized spacial score (nSPS) is 10.3. The second-order valence-corrected chi connectivity index (χ2v) is 4.83. The predicted octanol–water partition coefficient (Wildman–Crippen LogP) is 2.50. The van der Waals surface area contributed by atoms with Crippen molar-refractivity contribution in [3.63, 3.8) is 0 Å². The van der Waals surface area contributed by atoms with Gasteiger partial charge in [0.15, 0.2) is 6.61 Å². The van der Waals surface area contributed by atoms with Gasteiger partial charge in [-0.25, -0.2) is 4.79 Å². The molecule has 0 aromatic heterocycles. The van der Waals surface area contributed by atoms with E-state index in [1.54, 1.807) is 43.0 Å². The minimum absolute atomic E-state index is 0.00251. The molecule has 0 fully saturated rings. The number of rotatable bonds is 7. The standard InChI is InChI=1S/C16H23NO4/c1-5-17(6-2)15(18)11-20-14-9-7-13(8-10-14)16(19)21-12(3)4/h7-10,12H,5-6,11H2,1-4H3. The van der Waals surface area contributed by atoms with Crippen molar-refractivity contribution in [2.24, 2.45) is 0 Å². The van der Waals surface area contributed by atoms with Gasteiger partial charge in [0, 0.05) is 13.1 Å². The first-order valence-electron chi connectivity index (χ1n) is 7.19. The van der Waals surface area contributed by atoms with Crippen LogP contribution in [0, 0.1) is 0 Å². The fourth-order valence-electron chi connectivity index (χ4n) is 1.78. The van der Waals surface area contributed by atoms with Gasteiger partial charge in [-0.15, -0.1) is 0 Å². The summed E-state index contributed by atoms with van der Waals surface area (Å²) in [4.78, 5) is 25.2. The molecule has 0 aliphatic rings. The van der Waals surface area contributed by atoms with Crippen LogP contribution in [0.3, 0.4) is 0 Å². The highest BCUT2D eigenvalue weighted by Crippen LogP contribution is 2.13. The number of esters is 1. The molecule has 1 aromatic rings. The number of carbonyl (C=O) groups is 2. The Morgan fingerprint density at radius 1 is 1.10 bits per heavy atom. The number of amides is 1. The van der Waals surface area contributed by atoms with Crippen LogP contribution in [0.4, 0.5) is 0 Å². The number of hydrogen-bond acceptors (Lipinski definition) is 4. The van der Waals surface area contributed by atoms with Crippen LogP contribution in [-0.4, -0.2) is 42.6 Å². The molecule has 0 saturated heterocycles. The van der Waals surface area contributed by atoms with E-state index in [1.807, 2.05) is 13.8 Å². The van der Waals surface area contributed by atoms with Gasteiger partial charge < -0.3 is 14.4 Å². The average Bonchev–Trinajstić information content (AvgIpc) is 2.46. The summed E-state index contributed by atoms with van der Waals surface area (Å²) in [5.74, 6) is 0.135. The minimum Gasteiger partial charge on any atom is -0.484 e. The van der Waals surface area contributed by atoms with Crippen molar-refractivity contribution >= 4 is 11.9 Å². The lowest BCUT2D eigenvalue weighted by Gasteiger charge is -2.18. The van der Waals surface area contributed by atoms with Crippen molar-refractivity contribution < 1.29 is 19.1 Å². The van der Waals surface area contributed by atoms with Crippen molar-refractivity contribution in [1.29, 1.82) is 0 Å². The first-order valence-corrected chi connectivity index (χ1v) is 7.19. The van der Waals surface area contributed by atoms with Gasteiger partial charge in [-0.2, -0.15) is 0 Å². The van der Waals surface area contributed by atoms with E-state index >= 15 is 0 Å². The lowest BCUT2D eigenvalue weighted by atomic mass is 10.2. The lowest BCUT2D eigenvalue weighted by Crippen LogP contribution is -2.34. The zero-order valence-electron chi connectivity index (χ0n) is 13.1. The number of nitrogens with zero attached hydrogens (tertiary/aromatic N) is 1. The largest absolute Gasteiger partial charge is 0.484 e. The van der Waals surface area contributed by atoms with Gasteiger partial charge in [-0.3, -0.25) is 4.79 Å². The van der Waals surface area contributed by atoms with Crippen LogP contribution in [0.25, 0.3) is 0 Å². The summed E-state index contributed by atoms with van der Waals surface area (Å²) < 4.78 is 10.5. The van der Waals surface area contributed by atoms with Crippen LogP contribution in [0.15, 0.2) is 24.3 Å². The average molecular weight is 293 g/mol. The van der Waals surface area contributed by atoms with Gasteiger partial charge >= 0.3 is 5.97 Å². The van der Waals surface area contributed by atoms with Crippen molar-refractivity contribution in [3.8, 4) is 5.75 Å². The third-order valence-corrected chi connectivity index (χ3v) is 2.91. The van der Waals surface area contributed by atoms with Crippen LogP contribution in [0.2, 0.25) is 0 Å². The predicted molar refractivity (Wildman–Crippen MR) is 80.4 cm³/mol. The van der Waals surface area contributed by atoms with E-state index in [9.17, 15) is 9.59 Å². The monoisotopic (exact) mass is 293 g/mol. The Hall–Kier alpha value is -2.04. The highest BCUT2D eigenvalue weighted by Gasteiger charge is 2.11. The van der Waals surface area contributed by atoms with Crippen molar-refractivity contribution in [2.75, 3.05) is 19.7 Å². The van der Waals surface area contributed by atoms with Gasteiger partial charge in [0.1, 0.15) is 5.75 Å². The minimum atomic E-state index is -0.365. The van der Waals surface area contributed by atoms with Gasteiger partial charge in [-0.1, -0.05) is 0 Å². The van der Waals surface area contributed by atoms with Crippen LogP contribution in [-0.2, 0) is 9.53 Å². The van der Waals surface area contributed by atoms with E-state index in [-0.39, 0.29) is 24.6 Å². The van der Waals surface area contributed by atoms with Gasteiger partial charge in [0.2, 0.25) is 0 Å². The molecule has 0 unspecified atom stereocenters. The van der Waals surface area contributed by atoms with Crippen LogP contribution >= 0.6 is 0 Å². The van der Waals surface area contributed by atoms with Crippen molar-refractivity contribution in [3.05, 3.63) is 29.8 Å². The zero-order chi connectivity index (χ0) is 15.8. The Morgan fingerprint density at radius 3 is 2.14 bits per heavy atom. The van der Waals surface area contributed by atoms with Gasteiger partial charge in [0.05, 0.1) is 11.7 Å². The fourth-order valence-corrected chi connectivity index (χ4v) is 1.78. The van der Waals surface area contributed by atoms with E-state index in [0.717, 1.165) is 0 Å². The molecule has 0 atom stereocenters. The van der Waals surface area contributed by atoms with E-state index in [1.165, 1.54) is 0 Å². The number of hydrogen-bond donors (Lipinski definition) is 0. The maximum Gasteiger partial charge on any atom is 0.338 e. The summed E-state index contributed by atoms with van der Waals surface area (Å²) >= 11 is 0. The van der Waals surface area contributed by atoms with E-state index < -0.39 is 0 Å². The van der Waals surface area contributed by atoms with E-state index in [2.05, 4.69) is 0 Å². The Bertz CT molecular complexity index is 464. The molecule has 0 saturated carbocycles. The second kappa shape index (κ2) is 8.29. The molecule has 0 bridgehead atoms. The van der Waals surface area contributed by atoms with Crippen LogP contribution < -0.4 is 4.74 Å². The quantitative estimate of drug-likeness (QED) is 0.725. The first-order chi connectivity index (χ1) is 9.97. The zero-order valence-corrected chi connectivity index (χ0v) is 13.1. The molecular weight excluding hydrogens is 270 g/mol. The third kappa shape index (κ3) is 5.45. The fraction of sp³-hybridized carbons (Fsp3) is 0.500. The molecule has 0 spiro atoms. The summed E-state index contributed by atoms with van der Waals surface area (Å²) in [6, 6.07) is 6.57. The molecule has 5 nitrogen and oxygen atoms in total. The highest BCUT2D eigenvalue weighted by atomic mass is 16.5. The molecule has 5 heteroatoms. The highest BCUT2D eigenvalue weighted by molar-refractivity contribution is 5.89. The van der Waals surface area contributed by atoms with Gasteiger partial charge in [-0.05, 0) is 52.0 Å². The Labute approximate surface area is 125 Å². The van der Waals surface area contributed by atoms with Crippen molar-refractivity contribution in [2.45, 2.75) is 33.8 Å². The molecule has 1 amide bonds. The number of benzene rings is 1. The Kier molecular flexibility index (Phi) is 6.72. The van der Waals surface area contributed by atoms with E-state index in [0.29, 0.717) is 24.4 Å². The molecule has 1 rings (SSSR count). The van der Waals surface area contributed by atoms with Crippen LogP contribution in [0.1, 0.15) is 38.1 Å². The summed E-state index contributed by atoms with van der Waals surface area (Å²) in [6.07, 6.45) is -0.153. The molecule has 0 heterocycles. The summed E-state index contributed by atoms with van der Waals surface area (Å²) in [5, 5.41) is 0. The number of likely N-dealkylation sites (N-methyl/N-ethyl adjacent to an activating group) is 1. The van der Waals surface area contributed by atoms with Crippen LogP contribution in [0.5, 0.6) is 5.75 Å². The Morgan fingerprint density at radius 2 is 1.67 bits per heavy atom. The smallest absolute Gasteiger partial charge is 0.338 e. The summed E-state index contributed by atoms with van der Waals surface area (Å²) in [5.41, 5.74) is 0.464.